The summed E-state index contributed by atoms with van der Waals surface area (Å²) in [5.74, 6) is 0. The van der Waals surface area contributed by atoms with Gasteiger partial charge in [0.05, 0.1) is 18.9 Å². The van der Waals surface area contributed by atoms with Crippen LogP contribution in [0, 0.1) is 0 Å². The van der Waals surface area contributed by atoms with Gasteiger partial charge in [-0.1, -0.05) is 30.3 Å². The van der Waals surface area contributed by atoms with E-state index in [0.29, 0.717) is 5.11 Å². The lowest BCUT2D eigenvalue weighted by Gasteiger charge is -2.28. The lowest BCUT2D eigenvalue weighted by molar-refractivity contribution is 0.0677. The molecule has 0 bridgehead atoms. The Morgan fingerprint density at radius 3 is 2.61 bits per heavy atom. The van der Waals surface area contributed by atoms with E-state index in [4.69, 9.17) is 17.0 Å². The van der Waals surface area contributed by atoms with Crippen molar-refractivity contribution in [2.24, 2.45) is 5.10 Å². The van der Waals surface area contributed by atoms with Gasteiger partial charge in [0.1, 0.15) is 0 Å². The number of rotatable bonds is 2. The zero-order valence-electron chi connectivity index (χ0n) is 10.4. The Kier molecular flexibility index (Phi) is 4.66. The molecule has 0 amide bonds. The molecule has 1 aromatic carbocycles. The molecule has 0 unspecified atom stereocenters. The van der Waals surface area contributed by atoms with Crippen molar-refractivity contribution in [3.05, 3.63) is 35.9 Å². The fourth-order valence-electron chi connectivity index (χ4n) is 1.71. The zero-order chi connectivity index (χ0) is 12.8. The molecule has 0 aliphatic carbocycles. The predicted molar refractivity (Wildman–Crippen MR) is 76.8 cm³/mol. The molecule has 4 nitrogen and oxygen atoms in total. The van der Waals surface area contributed by atoms with Crippen LogP contribution in [0.4, 0.5) is 0 Å². The summed E-state index contributed by atoms with van der Waals surface area (Å²) in [5.41, 5.74) is 4.96. The molecule has 5 heteroatoms. The molecular weight excluding hydrogens is 246 g/mol. The van der Waals surface area contributed by atoms with Crippen molar-refractivity contribution in [3.63, 3.8) is 0 Å². The summed E-state index contributed by atoms with van der Waals surface area (Å²) in [6, 6.07) is 10.0. The summed E-state index contributed by atoms with van der Waals surface area (Å²) in [4.78, 5) is 2.07. The maximum Gasteiger partial charge on any atom is 0.189 e. The van der Waals surface area contributed by atoms with E-state index in [0.717, 1.165) is 37.6 Å². The monoisotopic (exact) mass is 263 g/mol. The van der Waals surface area contributed by atoms with Crippen LogP contribution in [-0.4, -0.2) is 42.0 Å². The third-order valence-electron chi connectivity index (χ3n) is 2.81. The normalized spacial score (nSPS) is 16.5. The Morgan fingerprint density at radius 2 is 1.94 bits per heavy atom. The summed E-state index contributed by atoms with van der Waals surface area (Å²) >= 11 is 5.29. The topological polar surface area (TPSA) is 36.9 Å². The molecule has 0 aromatic heterocycles. The highest BCUT2D eigenvalue weighted by Gasteiger charge is 2.12. The Labute approximate surface area is 113 Å². The van der Waals surface area contributed by atoms with Gasteiger partial charge in [-0.25, -0.2) is 0 Å². The third-order valence-corrected chi connectivity index (χ3v) is 3.16. The molecule has 1 aliphatic heterocycles. The summed E-state index contributed by atoms with van der Waals surface area (Å²) in [5, 5.41) is 4.97. The quantitative estimate of drug-likeness (QED) is 0.500. The molecule has 1 aromatic rings. The van der Waals surface area contributed by atoms with E-state index in [2.05, 4.69) is 15.4 Å². The first-order valence-corrected chi connectivity index (χ1v) is 6.40. The average molecular weight is 263 g/mol. The summed E-state index contributed by atoms with van der Waals surface area (Å²) in [6.07, 6.45) is 0. The van der Waals surface area contributed by atoms with Crippen LogP contribution >= 0.6 is 12.2 Å². The molecular formula is C13H17N3OS. The molecule has 2 rings (SSSR count). The van der Waals surface area contributed by atoms with Crippen LogP contribution in [0.5, 0.6) is 0 Å². The fourth-order valence-corrected chi connectivity index (χ4v) is 1.94. The van der Waals surface area contributed by atoms with Crippen LogP contribution in [0.1, 0.15) is 12.5 Å². The van der Waals surface area contributed by atoms with Gasteiger partial charge in [-0.05, 0) is 24.7 Å². The van der Waals surface area contributed by atoms with E-state index in [9.17, 15) is 0 Å². The minimum atomic E-state index is 0.661. The number of hydrazone groups is 1. The number of hydrogen-bond acceptors (Lipinski definition) is 3. The summed E-state index contributed by atoms with van der Waals surface area (Å²) < 4.78 is 5.28. The Bertz CT molecular complexity index is 427. The largest absolute Gasteiger partial charge is 0.378 e. The van der Waals surface area contributed by atoms with Gasteiger partial charge in [-0.2, -0.15) is 5.10 Å². The number of ether oxygens (including phenoxy) is 1. The minimum absolute atomic E-state index is 0.661. The number of nitrogens with one attached hydrogen (secondary N) is 1. The molecule has 0 radical (unpaired) electrons. The SMILES string of the molecule is CC(=NNC(=S)N1CCOCC1)c1ccccc1. The predicted octanol–water partition coefficient (Wildman–Crippen LogP) is 1.62. The maximum atomic E-state index is 5.29. The van der Waals surface area contributed by atoms with Crippen LogP contribution in [0.2, 0.25) is 0 Å². The van der Waals surface area contributed by atoms with Crippen LogP contribution in [0.25, 0.3) is 0 Å². The Balaban J connectivity index is 1.91. The Hall–Kier alpha value is -1.46. The number of thiocarbonyl (C=S) groups is 1. The molecule has 1 N–H and O–H groups in total. The Morgan fingerprint density at radius 1 is 1.28 bits per heavy atom. The van der Waals surface area contributed by atoms with Crippen molar-refractivity contribution < 1.29 is 4.74 Å². The van der Waals surface area contributed by atoms with Crippen LogP contribution < -0.4 is 5.43 Å². The van der Waals surface area contributed by atoms with Crippen molar-refractivity contribution >= 4 is 23.0 Å². The highest BCUT2D eigenvalue weighted by molar-refractivity contribution is 7.80. The number of hydrogen-bond donors (Lipinski definition) is 1. The fraction of sp³-hybridized carbons (Fsp3) is 0.385. The molecule has 1 fully saturated rings. The van der Waals surface area contributed by atoms with Crippen molar-refractivity contribution in [2.75, 3.05) is 26.3 Å². The lowest BCUT2D eigenvalue weighted by Crippen LogP contribution is -2.44. The smallest absolute Gasteiger partial charge is 0.189 e. The van der Waals surface area contributed by atoms with Gasteiger partial charge in [-0.15, -0.1) is 0 Å². The number of benzene rings is 1. The molecule has 96 valence electrons. The van der Waals surface area contributed by atoms with Crippen LogP contribution in [0.15, 0.2) is 35.4 Å². The van der Waals surface area contributed by atoms with Crippen molar-refractivity contribution in [3.8, 4) is 0 Å². The first-order chi connectivity index (χ1) is 8.77. The van der Waals surface area contributed by atoms with E-state index in [1.54, 1.807) is 0 Å². The molecule has 1 aliphatic rings. The number of morpholine rings is 1. The molecule has 0 spiro atoms. The van der Waals surface area contributed by atoms with E-state index < -0.39 is 0 Å². The highest BCUT2D eigenvalue weighted by Crippen LogP contribution is 2.01. The number of nitrogens with zero attached hydrogens (tertiary/aromatic N) is 2. The first-order valence-electron chi connectivity index (χ1n) is 6.00. The van der Waals surface area contributed by atoms with Gasteiger partial charge in [0.25, 0.3) is 0 Å². The summed E-state index contributed by atoms with van der Waals surface area (Å²) in [6.45, 7) is 5.06. The van der Waals surface area contributed by atoms with Gasteiger partial charge in [0.15, 0.2) is 5.11 Å². The molecule has 1 heterocycles. The van der Waals surface area contributed by atoms with Gasteiger partial charge in [0.2, 0.25) is 0 Å². The first kappa shape index (κ1) is 13.0. The average Bonchev–Trinajstić information content (AvgIpc) is 2.46. The third kappa shape index (κ3) is 3.51. The second-order valence-corrected chi connectivity index (χ2v) is 4.47. The second-order valence-electron chi connectivity index (χ2n) is 4.08. The van der Waals surface area contributed by atoms with Crippen molar-refractivity contribution in [1.29, 1.82) is 0 Å². The van der Waals surface area contributed by atoms with E-state index in [-0.39, 0.29) is 0 Å². The highest BCUT2D eigenvalue weighted by atomic mass is 32.1. The van der Waals surface area contributed by atoms with E-state index in [1.165, 1.54) is 0 Å². The van der Waals surface area contributed by atoms with Crippen LogP contribution in [0.3, 0.4) is 0 Å². The minimum Gasteiger partial charge on any atom is -0.378 e. The zero-order valence-corrected chi connectivity index (χ0v) is 11.2. The molecule has 1 saturated heterocycles. The van der Waals surface area contributed by atoms with Crippen LogP contribution in [-0.2, 0) is 4.74 Å². The van der Waals surface area contributed by atoms with Gasteiger partial charge >= 0.3 is 0 Å². The maximum absolute atomic E-state index is 5.29. The lowest BCUT2D eigenvalue weighted by atomic mass is 10.1. The van der Waals surface area contributed by atoms with Gasteiger partial charge < -0.3 is 9.64 Å². The van der Waals surface area contributed by atoms with Crippen molar-refractivity contribution in [2.45, 2.75) is 6.92 Å². The standard InChI is InChI=1S/C13H17N3OS/c1-11(12-5-3-2-4-6-12)14-15-13(18)16-7-9-17-10-8-16/h2-6H,7-10H2,1H3,(H,15,18). The molecule has 0 saturated carbocycles. The molecule has 18 heavy (non-hydrogen) atoms. The van der Waals surface area contributed by atoms with Gasteiger partial charge in [0, 0.05) is 13.1 Å². The van der Waals surface area contributed by atoms with E-state index >= 15 is 0 Å². The van der Waals surface area contributed by atoms with Gasteiger partial charge in [-0.3, -0.25) is 5.43 Å². The second kappa shape index (κ2) is 6.47. The molecule has 0 atom stereocenters. The van der Waals surface area contributed by atoms with Crippen molar-refractivity contribution in [1.82, 2.24) is 10.3 Å². The summed E-state index contributed by atoms with van der Waals surface area (Å²) in [7, 11) is 0. The van der Waals surface area contributed by atoms with E-state index in [1.807, 2.05) is 37.3 Å².